The highest BCUT2D eigenvalue weighted by molar-refractivity contribution is 5.85. The van der Waals surface area contributed by atoms with Gasteiger partial charge < -0.3 is 11.1 Å². The molecule has 0 aromatic heterocycles. The number of carbonyl (C=O) groups excluding carboxylic acids is 1. The molecule has 0 aliphatic heterocycles. The third-order valence-corrected chi connectivity index (χ3v) is 3.54. The minimum Gasteiger partial charge on any atom is -0.368 e. The van der Waals surface area contributed by atoms with Crippen molar-refractivity contribution in [2.75, 3.05) is 0 Å². The van der Waals surface area contributed by atoms with E-state index in [1.807, 2.05) is 0 Å². The van der Waals surface area contributed by atoms with Crippen LogP contribution in [0.15, 0.2) is 0 Å². The molecule has 0 spiro atoms. The van der Waals surface area contributed by atoms with Crippen molar-refractivity contribution in [3.8, 4) is 0 Å². The molecule has 3 nitrogen and oxygen atoms in total. The van der Waals surface area contributed by atoms with E-state index in [4.69, 9.17) is 5.73 Å². The normalized spacial score (nSPS) is 35.9. The van der Waals surface area contributed by atoms with Crippen LogP contribution in [0.25, 0.3) is 0 Å². The maximum Gasteiger partial charge on any atom is 0.237 e. The first kappa shape index (κ1) is 9.97. The summed E-state index contributed by atoms with van der Waals surface area (Å²) >= 11 is 0. The predicted octanol–water partition coefficient (Wildman–Crippen LogP) is 1.17. The molecule has 0 saturated heterocycles. The molecule has 2 aliphatic rings. The van der Waals surface area contributed by atoms with Crippen molar-refractivity contribution < 1.29 is 4.79 Å². The Labute approximate surface area is 85.4 Å². The molecule has 0 aromatic rings. The molecule has 1 amide bonds. The Morgan fingerprint density at radius 1 is 1.36 bits per heavy atom. The zero-order valence-corrected chi connectivity index (χ0v) is 9.10. The van der Waals surface area contributed by atoms with Crippen molar-refractivity contribution in [3.05, 3.63) is 0 Å². The van der Waals surface area contributed by atoms with Crippen molar-refractivity contribution in [2.45, 2.75) is 57.5 Å². The fourth-order valence-corrected chi connectivity index (χ4v) is 2.57. The smallest absolute Gasteiger partial charge is 0.237 e. The summed E-state index contributed by atoms with van der Waals surface area (Å²) in [5.74, 6) is -0.157. The lowest BCUT2D eigenvalue weighted by atomic mass is 9.87. The molecular formula is C11H20N2O. The average molecular weight is 196 g/mol. The number of hydrogen-bond acceptors (Lipinski definition) is 2. The molecule has 1 atom stereocenters. The average Bonchev–Trinajstić information content (AvgIpc) is 2.78. The van der Waals surface area contributed by atoms with E-state index >= 15 is 0 Å². The van der Waals surface area contributed by atoms with Crippen LogP contribution >= 0.6 is 0 Å². The number of carbonyl (C=O) groups is 1. The SMILES string of the molecule is CC1(C)CCC(NC2CC2)(C(N)=O)C1. The second-order valence-electron chi connectivity index (χ2n) is 5.71. The third-order valence-electron chi connectivity index (χ3n) is 3.54. The van der Waals surface area contributed by atoms with Crippen LogP contribution in [0.1, 0.15) is 46.0 Å². The second kappa shape index (κ2) is 2.96. The Balaban J connectivity index is 2.11. The van der Waals surface area contributed by atoms with Crippen LogP contribution in [0.5, 0.6) is 0 Å². The highest BCUT2D eigenvalue weighted by Crippen LogP contribution is 2.44. The molecule has 2 fully saturated rings. The third kappa shape index (κ3) is 1.78. The fourth-order valence-electron chi connectivity index (χ4n) is 2.57. The molecule has 14 heavy (non-hydrogen) atoms. The van der Waals surface area contributed by atoms with E-state index in [9.17, 15) is 4.79 Å². The Kier molecular flexibility index (Phi) is 2.11. The number of nitrogens with two attached hydrogens (primary N) is 1. The monoisotopic (exact) mass is 196 g/mol. The summed E-state index contributed by atoms with van der Waals surface area (Å²) in [6.45, 7) is 4.43. The maximum absolute atomic E-state index is 11.5. The van der Waals surface area contributed by atoms with Crippen molar-refractivity contribution in [1.82, 2.24) is 5.32 Å². The Morgan fingerprint density at radius 2 is 2.00 bits per heavy atom. The van der Waals surface area contributed by atoms with E-state index in [2.05, 4.69) is 19.2 Å². The van der Waals surface area contributed by atoms with Gasteiger partial charge in [-0.3, -0.25) is 4.79 Å². The van der Waals surface area contributed by atoms with E-state index in [1.54, 1.807) is 0 Å². The van der Waals surface area contributed by atoms with Crippen LogP contribution < -0.4 is 11.1 Å². The molecule has 2 saturated carbocycles. The molecule has 0 radical (unpaired) electrons. The summed E-state index contributed by atoms with van der Waals surface area (Å²) in [5.41, 5.74) is 5.39. The van der Waals surface area contributed by atoms with Crippen LogP contribution in [0.4, 0.5) is 0 Å². The Morgan fingerprint density at radius 3 is 2.36 bits per heavy atom. The summed E-state index contributed by atoms with van der Waals surface area (Å²) in [6.07, 6.45) is 5.30. The second-order valence-corrected chi connectivity index (χ2v) is 5.71. The number of nitrogens with one attached hydrogen (secondary N) is 1. The maximum atomic E-state index is 11.5. The van der Waals surface area contributed by atoms with E-state index in [-0.39, 0.29) is 11.3 Å². The van der Waals surface area contributed by atoms with Crippen LogP contribution in [0, 0.1) is 5.41 Å². The van der Waals surface area contributed by atoms with Gasteiger partial charge >= 0.3 is 0 Å². The van der Waals surface area contributed by atoms with Gasteiger partial charge in [0.25, 0.3) is 0 Å². The standard InChI is InChI=1S/C11H20N2O/c1-10(2)5-6-11(7-10,9(12)14)13-8-3-4-8/h8,13H,3-7H2,1-2H3,(H2,12,14). The van der Waals surface area contributed by atoms with Crippen LogP contribution in [0.2, 0.25) is 0 Å². The number of primary amides is 1. The first-order chi connectivity index (χ1) is 6.44. The van der Waals surface area contributed by atoms with Gasteiger partial charge in [0, 0.05) is 6.04 Å². The minimum atomic E-state index is -0.398. The summed E-state index contributed by atoms with van der Waals surface area (Å²) in [5, 5.41) is 3.45. The van der Waals surface area contributed by atoms with Crippen LogP contribution in [0.3, 0.4) is 0 Å². The van der Waals surface area contributed by atoms with Gasteiger partial charge in [0.15, 0.2) is 0 Å². The zero-order valence-electron chi connectivity index (χ0n) is 9.10. The molecule has 0 bridgehead atoms. The highest BCUT2D eigenvalue weighted by atomic mass is 16.1. The van der Waals surface area contributed by atoms with Crippen molar-refractivity contribution in [2.24, 2.45) is 11.1 Å². The van der Waals surface area contributed by atoms with Gasteiger partial charge in [0.2, 0.25) is 5.91 Å². The Bertz CT molecular complexity index is 258. The van der Waals surface area contributed by atoms with Gasteiger partial charge in [-0.1, -0.05) is 13.8 Å². The molecule has 1 unspecified atom stereocenters. The van der Waals surface area contributed by atoms with E-state index in [1.165, 1.54) is 12.8 Å². The van der Waals surface area contributed by atoms with Crippen molar-refractivity contribution in [3.63, 3.8) is 0 Å². The molecule has 0 heterocycles. The van der Waals surface area contributed by atoms with Crippen molar-refractivity contribution >= 4 is 5.91 Å². The molecule has 3 N–H and O–H groups in total. The summed E-state index contributed by atoms with van der Waals surface area (Å²) in [7, 11) is 0. The molecule has 0 aromatic carbocycles. The van der Waals surface area contributed by atoms with Crippen LogP contribution in [-0.4, -0.2) is 17.5 Å². The predicted molar refractivity (Wildman–Crippen MR) is 55.7 cm³/mol. The lowest BCUT2D eigenvalue weighted by molar-refractivity contribution is -0.124. The topological polar surface area (TPSA) is 55.1 Å². The summed E-state index contributed by atoms with van der Waals surface area (Å²) in [6, 6.07) is 0.552. The van der Waals surface area contributed by atoms with Crippen molar-refractivity contribution in [1.29, 1.82) is 0 Å². The van der Waals surface area contributed by atoms with E-state index in [0.29, 0.717) is 6.04 Å². The minimum absolute atomic E-state index is 0.157. The van der Waals surface area contributed by atoms with Gasteiger partial charge in [-0.15, -0.1) is 0 Å². The highest BCUT2D eigenvalue weighted by Gasteiger charge is 2.49. The molecule has 2 aliphatic carbocycles. The first-order valence-corrected chi connectivity index (χ1v) is 5.51. The van der Waals surface area contributed by atoms with Gasteiger partial charge in [-0.2, -0.15) is 0 Å². The van der Waals surface area contributed by atoms with Gasteiger partial charge in [-0.25, -0.2) is 0 Å². The summed E-state index contributed by atoms with van der Waals surface area (Å²) < 4.78 is 0. The molecule has 2 rings (SSSR count). The lowest BCUT2D eigenvalue weighted by Crippen LogP contribution is -2.54. The van der Waals surface area contributed by atoms with Crippen LogP contribution in [-0.2, 0) is 4.79 Å². The van der Waals surface area contributed by atoms with Gasteiger partial charge in [0.05, 0.1) is 5.54 Å². The zero-order chi connectivity index (χ0) is 10.4. The molecule has 80 valence electrons. The number of amides is 1. The summed E-state index contributed by atoms with van der Waals surface area (Å²) in [4.78, 5) is 11.5. The first-order valence-electron chi connectivity index (χ1n) is 5.51. The van der Waals surface area contributed by atoms with Gasteiger partial charge in [-0.05, 0) is 37.5 Å². The lowest BCUT2D eigenvalue weighted by Gasteiger charge is -2.29. The van der Waals surface area contributed by atoms with E-state index < -0.39 is 5.54 Å². The number of rotatable bonds is 3. The number of hydrogen-bond donors (Lipinski definition) is 2. The molecule has 3 heteroatoms. The largest absolute Gasteiger partial charge is 0.368 e. The van der Waals surface area contributed by atoms with Gasteiger partial charge in [0.1, 0.15) is 0 Å². The fraction of sp³-hybridized carbons (Fsp3) is 0.909. The quantitative estimate of drug-likeness (QED) is 0.712. The Hall–Kier alpha value is -0.570. The van der Waals surface area contributed by atoms with E-state index in [0.717, 1.165) is 19.3 Å². The molecular weight excluding hydrogens is 176 g/mol.